The largest absolute Gasteiger partial charge is 0.342 e. The molecule has 1 heterocycles. The van der Waals surface area contributed by atoms with Gasteiger partial charge in [0, 0.05) is 4.47 Å². The van der Waals surface area contributed by atoms with Gasteiger partial charge in [-0.05, 0) is 35.0 Å². The number of H-pyrrole nitrogens is 1. The van der Waals surface area contributed by atoms with Crippen LogP contribution in [0.5, 0.6) is 0 Å². The predicted molar refractivity (Wildman–Crippen MR) is 64.2 cm³/mol. The number of carbonyl (C=O) groups excluding carboxylic acids is 1. The van der Waals surface area contributed by atoms with E-state index in [2.05, 4.69) is 41.9 Å². The Morgan fingerprint density at radius 2 is 2.24 bits per heavy atom. The predicted octanol–water partition coefficient (Wildman–Crippen LogP) is 1.45. The quantitative estimate of drug-likeness (QED) is 0.898. The monoisotopic (exact) mass is 295 g/mol. The molecule has 0 radical (unpaired) electrons. The number of carbonyl (C=O) groups is 1. The van der Waals surface area contributed by atoms with Crippen LogP contribution in [-0.2, 0) is 0 Å². The molecule has 1 aromatic heterocycles. The molecule has 6 nitrogen and oxygen atoms in total. The summed E-state index contributed by atoms with van der Waals surface area (Å²) >= 11 is 3.32. The van der Waals surface area contributed by atoms with Crippen molar-refractivity contribution >= 4 is 21.8 Å². The van der Waals surface area contributed by atoms with Crippen LogP contribution in [0, 0.1) is 0 Å². The average molecular weight is 296 g/mol. The molecule has 2 rings (SSSR count). The first-order valence-corrected chi connectivity index (χ1v) is 5.76. The van der Waals surface area contributed by atoms with E-state index in [0.29, 0.717) is 11.4 Å². The van der Waals surface area contributed by atoms with Gasteiger partial charge in [-0.1, -0.05) is 17.3 Å². The van der Waals surface area contributed by atoms with Crippen molar-refractivity contribution in [2.24, 2.45) is 0 Å². The van der Waals surface area contributed by atoms with Crippen LogP contribution in [0.1, 0.15) is 29.1 Å². The highest BCUT2D eigenvalue weighted by atomic mass is 79.9. The Labute approximate surface area is 106 Å². The summed E-state index contributed by atoms with van der Waals surface area (Å²) in [5, 5.41) is 16.2. The molecule has 0 aliphatic carbocycles. The third kappa shape index (κ3) is 2.68. The molecule has 1 unspecified atom stereocenters. The maximum Gasteiger partial charge on any atom is 0.253 e. The standard InChI is InChI=1S/C10H10BrN5O/c1-6(9-13-15-16-14-9)12-10(17)7-4-2-3-5-8(7)11/h2-6H,1H3,(H,12,17)(H,13,14,15,16). The summed E-state index contributed by atoms with van der Waals surface area (Å²) in [6.07, 6.45) is 0. The van der Waals surface area contributed by atoms with Crippen molar-refractivity contribution in [3.63, 3.8) is 0 Å². The minimum atomic E-state index is -0.298. The number of nitrogens with zero attached hydrogens (tertiary/aromatic N) is 3. The molecule has 0 fully saturated rings. The summed E-state index contributed by atoms with van der Waals surface area (Å²) < 4.78 is 0.748. The van der Waals surface area contributed by atoms with Gasteiger partial charge in [-0.15, -0.1) is 10.2 Å². The summed E-state index contributed by atoms with van der Waals surface area (Å²) in [6.45, 7) is 1.79. The van der Waals surface area contributed by atoms with Gasteiger partial charge < -0.3 is 5.32 Å². The Morgan fingerprint density at radius 3 is 2.88 bits per heavy atom. The minimum Gasteiger partial charge on any atom is -0.342 e. The zero-order valence-corrected chi connectivity index (χ0v) is 10.6. The van der Waals surface area contributed by atoms with Crippen molar-refractivity contribution in [2.75, 3.05) is 0 Å². The fourth-order valence-corrected chi connectivity index (χ4v) is 1.80. The number of amides is 1. The molecule has 0 spiro atoms. The van der Waals surface area contributed by atoms with Gasteiger partial charge in [0.1, 0.15) is 0 Å². The molecule has 1 atom stereocenters. The zero-order chi connectivity index (χ0) is 12.3. The minimum absolute atomic E-state index is 0.185. The van der Waals surface area contributed by atoms with E-state index in [1.54, 1.807) is 19.1 Å². The van der Waals surface area contributed by atoms with Crippen LogP contribution in [0.4, 0.5) is 0 Å². The smallest absolute Gasteiger partial charge is 0.253 e. The molecule has 88 valence electrons. The lowest BCUT2D eigenvalue weighted by Crippen LogP contribution is -2.27. The maximum atomic E-state index is 11.9. The molecule has 17 heavy (non-hydrogen) atoms. The van der Waals surface area contributed by atoms with E-state index in [1.807, 2.05) is 12.1 Å². The second kappa shape index (κ2) is 5.05. The summed E-state index contributed by atoms with van der Waals surface area (Å²) in [5.74, 6) is 0.264. The van der Waals surface area contributed by atoms with Gasteiger partial charge in [0.15, 0.2) is 5.82 Å². The van der Waals surface area contributed by atoms with E-state index in [4.69, 9.17) is 0 Å². The molecule has 0 aliphatic heterocycles. The number of benzene rings is 1. The first-order valence-electron chi connectivity index (χ1n) is 4.97. The summed E-state index contributed by atoms with van der Waals surface area (Å²) in [5.41, 5.74) is 0.572. The van der Waals surface area contributed by atoms with E-state index in [1.165, 1.54) is 0 Å². The highest BCUT2D eigenvalue weighted by Crippen LogP contribution is 2.16. The summed E-state index contributed by atoms with van der Waals surface area (Å²) in [6, 6.07) is 6.91. The third-order valence-corrected chi connectivity index (χ3v) is 2.91. The number of hydrogen-bond donors (Lipinski definition) is 2. The van der Waals surface area contributed by atoms with Crippen LogP contribution < -0.4 is 5.32 Å². The molecular weight excluding hydrogens is 286 g/mol. The molecule has 1 aromatic carbocycles. The lowest BCUT2D eigenvalue weighted by molar-refractivity contribution is 0.0937. The van der Waals surface area contributed by atoms with Gasteiger partial charge in [-0.3, -0.25) is 4.79 Å². The molecular formula is C10H10BrN5O. The zero-order valence-electron chi connectivity index (χ0n) is 9.01. The Bertz CT molecular complexity index is 513. The fraction of sp³-hybridized carbons (Fsp3) is 0.200. The second-order valence-electron chi connectivity index (χ2n) is 3.44. The van der Waals surface area contributed by atoms with E-state index in [0.717, 1.165) is 4.47 Å². The molecule has 1 amide bonds. The van der Waals surface area contributed by atoms with E-state index >= 15 is 0 Å². The molecule has 2 N–H and O–H groups in total. The van der Waals surface area contributed by atoms with Gasteiger partial charge in [0.25, 0.3) is 5.91 Å². The lowest BCUT2D eigenvalue weighted by atomic mass is 10.2. The van der Waals surface area contributed by atoms with Crippen LogP contribution in [0.3, 0.4) is 0 Å². The van der Waals surface area contributed by atoms with Crippen molar-refractivity contribution in [1.82, 2.24) is 25.9 Å². The van der Waals surface area contributed by atoms with Gasteiger partial charge in [-0.2, -0.15) is 5.21 Å². The summed E-state index contributed by atoms with van der Waals surface area (Å²) in [7, 11) is 0. The van der Waals surface area contributed by atoms with Crippen LogP contribution in [0.25, 0.3) is 0 Å². The van der Waals surface area contributed by atoms with Crippen LogP contribution in [-0.4, -0.2) is 26.5 Å². The van der Waals surface area contributed by atoms with E-state index in [9.17, 15) is 4.79 Å². The van der Waals surface area contributed by atoms with Crippen LogP contribution in [0.15, 0.2) is 28.7 Å². The number of rotatable bonds is 3. The number of tetrazole rings is 1. The van der Waals surface area contributed by atoms with E-state index < -0.39 is 0 Å². The SMILES string of the molecule is CC(NC(=O)c1ccccc1Br)c1nn[nH]n1. The Balaban J connectivity index is 2.10. The number of halogens is 1. The number of nitrogens with one attached hydrogen (secondary N) is 2. The number of aromatic nitrogens is 4. The average Bonchev–Trinajstić information content (AvgIpc) is 2.82. The highest BCUT2D eigenvalue weighted by Gasteiger charge is 2.15. The number of aromatic amines is 1. The molecule has 0 saturated carbocycles. The van der Waals surface area contributed by atoms with Crippen molar-refractivity contribution in [2.45, 2.75) is 13.0 Å². The van der Waals surface area contributed by atoms with Crippen molar-refractivity contribution in [1.29, 1.82) is 0 Å². The summed E-state index contributed by atoms with van der Waals surface area (Å²) in [4.78, 5) is 11.9. The first-order chi connectivity index (χ1) is 8.18. The van der Waals surface area contributed by atoms with Gasteiger partial charge >= 0.3 is 0 Å². The number of hydrogen-bond acceptors (Lipinski definition) is 4. The van der Waals surface area contributed by atoms with Crippen molar-refractivity contribution < 1.29 is 4.79 Å². The maximum absolute atomic E-state index is 11.9. The van der Waals surface area contributed by atoms with Gasteiger partial charge in [-0.25, -0.2) is 0 Å². The molecule has 7 heteroatoms. The molecule has 0 bridgehead atoms. The molecule has 2 aromatic rings. The first kappa shape index (κ1) is 11.7. The lowest BCUT2D eigenvalue weighted by Gasteiger charge is -2.10. The van der Waals surface area contributed by atoms with Crippen LogP contribution in [0.2, 0.25) is 0 Å². The van der Waals surface area contributed by atoms with Crippen LogP contribution >= 0.6 is 15.9 Å². The molecule has 0 saturated heterocycles. The Morgan fingerprint density at radius 1 is 1.47 bits per heavy atom. The topological polar surface area (TPSA) is 83.6 Å². The third-order valence-electron chi connectivity index (χ3n) is 2.22. The Kier molecular flexibility index (Phi) is 3.48. The molecule has 0 aliphatic rings. The van der Waals surface area contributed by atoms with Crippen molar-refractivity contribution in [3.05, 3.63) is 40.1 Å². The Hall–Kier alpha value is -1.76. The second-order valence-corrected chi connectivity index (χ2v) is 4.30. The van der Waals surface area contributed by atoms with Gasteiger partial charge in [0.2, 0.25) is 0 Å². The van der Waals surface area contributed by atoms with E-state index in [-0.39, 0.29) is 11.9 Å². The van der Waals surface area contributed by atoms with Gasteiger partial charge in [0.05, 0.1) is 11.6 Å². The highest BCUT2D eigenvalue weighted by molar-refractivity contribution is 9.10. The van der Waals surface area contributed by atoms with Crippen molar-refractivity contribution in [3.8, 4) is 0 Å². The fourth-order valence-electron chi connectivity index (χ4n) is 1.34. The normalized spacial score (nSPS) is 12.1.